The molecule has 2 heterocycles. The van der Waals surface area contributed by atoms with E-state index in [2.05, 4.69) is 6.07 Å². The molecule has 5 nitrogen and oxygen atoms in total. The Labute approximate surface area is 199 Å². The molecule has 2 aliphatic rings. The molecule has 1 aliphatic carbocycles. The number of aromatic nitrogens is 1. The summed E-state index contributed by atoms with van der Waals surface area (Å²) >= 11 is 1.73. The number of fused-ring (bicyclic) bond motifs is 1. The summed E-state index contributed by atoms with van der Waals surface area (Å²) in [5, 5.41) is 1.13. The fourth-order valence-electron chi connectivity index (χ4n) is 5.43. The van der Waals surface area contributed by atoms with Crippen molar-refractivity contribution in [3.63, 3.8) is 0 Å². The van der Waals surface area contributed by atoms with Gasteiger partial charge in [-0.3, -0.25) is 4.79 Å². The number of sulfone groups is 1. The third-order valence-corrected chi connectivity index (χ3v) is 11.2. The number of hydrogen-bond donors (Lipinski definition) is 0. The van der Waals surface area contributed by atoms with E-state index in [1.165, 1.54) is 4.70 Å². The van der Waals surface area contributed by atoms with Crippen LogP contribution in [0, 0.1) is 13.8 Å². The van der Waals surface area contributed by atoms with Crippen molar-refractivity contribution in [1.82, 2.24) is 9.88 Å². The van der Waals surface area contributed by atoms with E-state index in [0.29, 0.717) is 42.3 Å². The van der Waals surface area contributed by atoms with Gasteiger partial charge in [-0.05, 0) is 68.9 Å². The molecule has 3 aromatic rings. The van der Waals surface area contributed by atoms with Gasteiger partial charge in [-0.1, -0.05) is 37.1 Å². The molecule has 5 rings (SSSR count). The van der Waals surface area contributed by atoms with Crippen molar-refractivity contribution in [3.8, 4) is 0 Å². The topological polar surface area (TPSA) is 67.3 Å². The lowest BCUT2D eigenvalue weighted by atomic mass is 9.95. The molecule has 7 heteroatoms. The first-order valence-corrected chi connectivity index (χ1v) is 14.1. The molecule has 174 valence electrons. The lowest BCUT2D eigenvalue weighted by molar-refractivity contribution is -0.135. The van der Waals surface area contributed by atoms with Gasteiger partial charge in [0, 0.05) is 19.0 Å². The Kier molecular flexibility index (Phi) is 5.81. The average molecular weight is 483 g/mol. The third-order valence-electron chi connectivity index (χ3n) is 7.39. The molecule has 0 unspecified atom stereocenters. The Morgan fingerprint density at radius 1 is 1.06 bits per heavy atom. The highest BCUT2D eigenvalue weighted by molar-refractivity contribution is 7.93. The maximum absolute atomic E-state index is 13.9. The van der Waals surface area contributed by atoms with Crippen molar-refractivity contribution in [2.75, 3.05) is 13.1 Å². The van der Waals surface area contributed by atoms with Crippen LogP contribution in [0.3, 0.4) is 0 Å². The number of benzene rings is 2. The molecule has 0 radical (unpaired) electrons. The quantitative estimate of drug-likeness (QED) is 0.499. The first-order chi connectivity index (χ1) is 15.8. The van der Waals surface area contributed by atoms with Gasteiger partial charge in [-0.15, -0.1) is 11.3 Å². The number of para-hydroxylation sites is 1. The maximum atomic E-state index is 13.9. The Balaban J connectivity index is 1.39. The number of thiazole rings is 1. The van der Waals surface area contributed by atoms with Gasteiger partial charge in [0.1, 0.15) is 0 Å². The molecule has 0 spiro atoms. The van der Waals surface area contributed by atoms with Gasteiger partial charge in [0.25, 0.3) is 0 Å². The van der Waals surface area contributed by atoms with Gasteiger partial charge in [0.05, 0.1) is 20.1 Å². The second-order valence-electron chi connectivity index (χ2n) is 9.56. The second kappa shape index (κ2) is 8.51. The smallest absolute Gasteiger partial charge is 0.244 e. The number of nitrogens with zero attached hydrogens (tertiary/aromatic N) is 2. The van der Waals surface area contributed by atoms with Gasteiger partial charge in [-0.25, -0.2) is 13.4 Å². The van der Waals surface area contributed by atoms with E-state index in [1.807, 2.05) is 49.1 Å². The number of carbonyl (C=O) groups is 1. The van der Waals surface area contributed by atoms with Crippen LogP contribution in [0.5, 0.6) is 0 Å². The summed E-state index contributed by atoms with van der Waals surface area (Å²) in [6.45, 7) is 4.89. The third kappa shape index (κ3) is 3.79. The molecule has 2 fully saturated rings. The fraction of sp³-hybridized carbons (Fsp3) is 0.462. The Hall–Kier alpha value is -2.25. The predicted molar refractivity (Wildman–Crippen MR) is 132 cm³/mol. The number of aryl methyl sites for hydroxylation is 2. The largest absolute Gasteiger partial charge is 0.341 e. The number of rotatable bonds is 4. The lowest BCUT2D eigenvalue weighted by Crippen LogP contribution is -2.54. The standard InChI is InChI=1S/C26H30N2O3S2/c1-18-9-10-19(2)23(17-18)33(30,31)26(13-5-6-14-26)25(29)28-15-11-20(12-16-28)24-27-21-7-3-4-8-22(21)32-24/h3-4,7-10,17,20H,5-6,11-16H2,1-2H3. The lowest BCUT2D eigenvalue weighted by Gasteiger charge is -2.38. The minimum Gasteiger partial charge on any atom is -0.341 e. The zero-order valence-corrected chi connectivity index (χ0v) is 20.8. The van der Waals surface area contributed by atoms with E-state index in [-0.39, 0.29) is 5.91 Å². The van der Waals surface area contributed by atoms with Crippen LogP contribution in [0.15, 0.2) is 47.4 Å². The summed E-state index contributed by atoms with van der Waals surface area (Å²) < 4.78 is 27.8. The zero-order chi connectivity index (χ0) is 23.2. The van der Waals surface area contributed by atoms with Crippen molar-refractivity contribution < 1.29 is 13.2 Å². The van der Waals surface area contributed by atoms with E-state index < -0.39 is 14.6 Å². The SMILES string of the molecule is Cc1ccc(C)c(S(=O)(=O)C2(C(=O)N3CCC(c4nc5ccccc5s4)CC3)CCCC2)c1. The van der Waals surface area contributed by atoms with E-state index in [0.717, 1.165) is 41.8 Å². The van der Waals surface area contributed by atoms with Crippen LogP contribution in [-0.2, 0) is 14.6 Å². The normalized spacial score (nSPS) is 19.3. The van der Waals surface area contributed by atoms with Crippen LogP contribution in [0.25, 0.3) is 10.2 Å². The minimum absolute atomic E-state index is 0.191. The summed E-state index contributed by atoms with van der Waals surface area (Å²) in [6.07, 6.45) is 4.03. The molecule has 0 bridgehead atoms. The maximum Gasteiger partial charge on any atom is 0.244 e. The molecule has 1 saturated heterocycles. The van der Waals surface area contributed by atoms with Gasteiger partial charge in [0.2, 0.25) is 5.91 Å². The first kappa shape index (κ1) is 22.5. The van der Waals surface area contributed by atoms with Crippen LogP contribution < -0.4 is 0 Å². The van der Waals surface area contributed by atoms with Crippen LogP contribution in [0.2, 0.25) is 0 Å². The number of hydrogen-bond acceptors (Lipinski definition) is 5. The molecule has 33 heavy (non-hydrogen) atoms. The number of amides is 1. The summed E-state index contributed by atoms with van der Waals surface area (Å²) in [5.41, 5.74) is 2.64. The molecular weight excluding hydrogens is 452 g/mol. The molecule has 1 saturated carbocycles. The van der Waals surface area contributed by atoms with Gasteiger partial charge >= 0.3 is 0 Å². The predicted octanol–water partition coefficient (Wildman–Crippen LogP) is 5.41. The van der Waals surface area contributed by atoms with Crippen molar-refractivity contribution in [2.24, 2.45) is 0 Å². The highest BCUT2D eigenvalue weighted by Crippen LogP contribution is 2.44. The number of likely N-dealkylation sites (tertiary alicyclic amines) is 1. The number of carbonyl (C=O) groups excluding carboxylic acids is 1. The van der Waals surface area contributed by atoms with Crippen molar-refractivity contribution in [1.29, 1.82) is 0 Å². The van der Waals surface area contributed by atoms with Gasteiger partial charge in [-0.2, -0.15) is 0 Å². The van der Waals surface area contributed by atoms with Gasteiger partial charge < -0.3 is 4.90 Å². The fourth-order valence-corrected chi connectivity index (χ4v) is 9.01. The first-order valence-electron chi connectivity index (χ1n) is 11.8. The highest BCUT2D eigenvalue weighted by Gasteiger charge is 2.55. The molecule has 0 N–H and O–H groups in total. The highest BCUT2D eigenvalue weighted by atomic mass is 32.2. The van der Waals surface area contributed by atoms with Crippen molar-refractivity contribution in [2.45, 2.75) is 67.9 Å². The molecule has 1 aliphatic heterocycles. The second-order valence-corrected chi connectivity index (χ2v) is 12.9. The van der Waals surface area contributed by atoms with E-state index in [1.54, 1.807) is 17.4 Å². The zero-order valence-electron chi connectivity index (χ0n) is 19.2. The van der Waals surface area contributed by atoms with Crippen LogP contribution >= 0.6 is 11.3 Å². The summed E-state index contributed by atoms with van der Waals surface area (Å²) in [6, 6.07) is 13.7. The van der Waals surface area contributed by atoms with Crippen LogP contribution in [0.4, 0.5) is 0 Å². The van der Waals surface area contributed by atoms with Crippen LogP contribution in [-0.4, -0.2) is 42.0 Å². The Bertz CT molecular complexity index is 1270. The monoisotopic (exact) mass is 482 g/mol. The minimum atomic E-state index is -3.79. The molecular formula is C26H30N2O3S2. The Morgan fingerprint density at radius 3 is 2.45 bits per heavy atom. The summed E-state index contributed by atoms with van der Waals surface area (Å²) in [7, 11) is -3.79. The van der Waals surface area contributed by atoms with Crippen molar-refractivity contribution >= 4 is 37.3 Å². The number of piperidine rings is 1. The van der Waals surface area contributed by atoms with Crippen molar-refractivity contribution in [3.05, 3.63) is 58.6 Å². The van der Waals surface area contributed by atoms with Gasteiger partial charge in [0.15, 0.2) is 14.6 Å². The summed E-state index contributed by atoms with van der Waals surface area (Å²) in [4.78, 5) is 20.8. The Morgan fingerprint density at radius 2 is 1.76 bits per heavy atom. The van der Waals surface area contributed by atoms with Crippen LogP contribution in [0.1, 0.15) is 60.6 Å². The van der Waals surface area contributed by atoms with E-state index in [4.69, 9.17) is 4.98 Å². The summed E-state index contributed by atoms with van der Waals surface area (Å²) in [5.74, 6) is 0.130. The molecule has 1 aromatic heterocycles. The molecule has 2 aromatic carbocycles. The molecule has 0 atom stereocenters. The van der Waals surface area contributed by atoms with E-state index >= 15 is 0 Å². The molecule has 1 amide bonds. The average Bonchev–Trinajstić information content (AvgIpc) is 3.49. The van der Waals surface area contributed by atoms with E-state index in [9.17, 15) is 13.2 Å².